The highest BCUT2D eigenvalue weighted by molar-refractivity contribution is 8.27. The molecule has 0 N–H and O–H groups in total. The molecule has 0 aliphatic carbocycles. The minimum absolute atomic E-state index is 0.119. The molecule has 80 valence electrons. The number of thioether (sulfide) groups is 1. The molecule has 1 heterocycles. The molecule has 0 aromatic carbocycles. The molecule has 1 unspecified atom stereocenters. The van der Waals surface area contributed by atoms with Crippen LogP contribution in [0, 0.1) is 5.92 Å². The second-order valence-electron chi connectivity index (χ2n) is 3.19. The number of nitrogens with zero attached hydrogens (tertiary/aromatic N) is 1. The first kappa shape index (κ1) is 12.3. The summed E-state index contributed by atoms with van der Waals surface area (Å²) < 4.78 is 0.759. The van der Waals surface area contributed by atoms with Crippen molar-refractivity contribution in [3.8, 4) is 0 Å². The van der Waals surface area contributed by atoms with Gasteiger partial charge >= 0.3 is 0 Å². The van der Waals surface area contributed by atoms with Gasteiger partial charge in [0.05, 0.1) is 15.0 Å². The van der Waals surface area contributed by atoms with E-state index in [9.17, 15) is 4.79 Å². The van der Waals surface area contributed by atoms with E-state index in [1.807, 2.05) is 26.0 Å². The zero-order valence-corrected chi connectivity index (χ0v) is 10.6. The van der Waals surface area contributed by atoms with Crippen molar-refractivity contribution in [3.05, 3.63) is 22.6 Å². The highest BCUT2D eigenvalue weighted by Gasteiger charge is 2.31. The number of ketones is 1. The lowest BCUT2D eigenvalue weighted by Gasteiger charge is -1.95. The molecule has 0 amide bonds. The van der Waals surface area contributed by atoms with E-state index in [0.29, 0.717) is 0 Å². The first-order chi connectivity index (χ1) is 7.10. The average molecular weight is 239 g/mol. The number of allylic oxidation sites excluding steroid dienone is 4. The molecule has 0 saturated carbocycles. The lowest BCUT2D eigenvalue weighted by molar-refractivity contribution is -0.116. The van der Waals surface area contributed by atoms with Crippen molar-refractivity contribution in [2.45, 2.75) is 13.8 Å². The Morgan fingerprint density at radius 3 is 2.67 bits per heavy atom. The minimum Gasteiger partial charge on any atom is -0.296 e. The zero-order valence-electron chi connectivity index (χ0n) is 8.98. The van der Waals surface area contributed by atoms with Crippen LogP contribution < -0.4 is 0 Å². The van der Waals surface area contributed by atoms with Crippen LogP contribution in [0.1, 0.15) is 13.8 Å². The normalized spacial score (nSPS) is 25.9. The first-order valence-corrected chi connectivity index (χ1v) is 5.88. The summed E-state index contributed by atoms with van der Waals surface area (Å²) in [5.74, 6) is -0.0122. The van der Waals surface area contributed by atoms with Crippen molar-refractivity contribution in [3.63, 3.8) is 0 Å². The van der Waals surface area contributed by atoms with Crippen LogP contribution in [0.25, 0.3) is 0 Å². The molecule has 1 rings (SSSR count). The predicted molar refractivity (Wildman–Crippen MR) is 70.6 cm³/mol. The van der Waals surface area contributed by atoms with Gasteiger partial charge in [-0.25, -0.2) is 0 Å². The summed E-state index contributed by atoms with van der Waals surface area (Å²) in [5.41, 5.74) is 0.935. The van der Waals surface area contributed by atoms with Crippen molar-refractivity contribution in [1.29, 1.82) is 0 Å². The standard InChI is InChI=1S/C11H13NOS2/c1-4-8(6-12-3)5-9-10(13)7(2)11(14)15-9/h4-7H,1-3H3/b8-4-,9-5-,12-6?. The molecule has 1 aliphatic rings. The molecule has 1 atom stereocenters. The van der Waals surface area contributed by atoms with Crippen molar-refractivity contribution < 1.29 is 4.79 Å². The summed E-state index contributed by atoms with van der Waals surface area (Å²) in [7, 11) is 1.71. The van der Waals surface area contributed by atoms with Gasteiger partial charge in [0.15, 0.2) is 5.78 Å². The maximum absolute atomic E-state index is 11.7. The van der Waals surface area contributed by atoms with Crippen molar-refractivity contribution >= 4 is 40.2 Å². The molecule has 0 radical (unpaired) electrons. The van der Waals surface area contributed by atoms with Crippen LogP contribution in [0.15, 0.2) is 27.6 Å². The Kier molecular flexibility index (Phi) is 4.42. The summed E-state index contributed by atoms with van der Waals surface area (Å²) in [6.07, 6.45) is 5.49. The van der Waals surface area contributed by atoms with E-state index in [1.54, 1.807) is 13.3 Å². The fourth-order valence-electron chi connectivity index (χ4n) is 1.16. The Morgan fingerprint density at radius 1 is 1.60 bits per heavy atom. The van der Waals surface area contributed by atoms with Gasteiger partial charge in [-0.05, 0) is 25.5 Å². The van der Waals surface area contributed by atoms with E-state index in [0.717, 1.165) is 14.7 Å². The fraction of sp³-hybridized carbons (Fsp3) is 0.364. The third-order valence-corrected chi connectivity index (χ3v) is 3.81. The Morgan fingerprint density at radius 2 is 2.27 bits per heavy atom. The highest BCUT2D eigenvalue weighted by Crippen LogP contribution is 2.34. The maximum Gasteiger partial charge on any atom is 0.178 e. The second-order valence-corrected chi connectivity index (χ2v) is 4.97. The highest BCUT2D eigenvalue weighted by atomic mass is 32.2. The van der Waals surface area contributed by atoms with Gasteiger partial charge < -0.3 is 0 Å². The lowest BCUT2D eigenvalue weighted by Crippen LogP contribution is -2.07. The van der Waals surface area contributed by atoms with Crippen LogP contribution in [0.3, 0.4) is 0 Å². The van der Waals surface area contributed by atoms with Crippen LogP contribution in [0.5, 0.6) is 0 Å². The number of thiocarbonyl (C=S) groups is 1. The smallest absolute Gasteiger partial charge is 0.178 e. The van der Waals surface area contributed by atoms with Crippen molar-refractivity contribution in [1.82, 2.24) is 0 Å². The van der Waals surface area contributed by atoms with Gasteiger partial charge in [-0.15, -0.1) is 0 Å². The van der Waals surface area contributed by atoms with Gasteiger partial charge in [-0.3, -0.25) is 9.79 Å². The van der Waals surface area contributed by atoms with Gasteiger partial charge in [-0.2, -0.15) is 0 Å². The average Bonchev–Trinajstić information content (AvgIpc) is 2.46. The van der Waals surface area contributed by atoms with Gasteiger partial charge in [0, 0.05) is 13.3 Å². The molecule has 0 spiro atoms. The second kappa shape index (κ2) is 5.37. The lowest BCUT2D eigenvalue weighted by atomic mass is 10.1. The van der Waals surface area contributed by atoms with E-state index in [4.69, 9.17) is 12.2 Å². The van der Waals surface area contributed by atoms with E-state index in [2.05, 4.69) is 4.99 Å². The summed E-state index contributed by atoms with van der Waals surface area (Å²) >= 11 is 6.49. The number of hydrogen-bond donors (Lipinski definition) is 0. The number of Topliss-reactive ketones (excluding diaryl/α,β-unsaturated/α-hetero) is 1. The molecule has 0 bridgehead atoms. The monoisotopic (exact) mass is 239 g/mol. The summed E-state index contributed by atoms with van der Waals surface area (Å²) in [4.78, 5) is 16.4. The fourth-order valence-corrected chi connectivity index (χ4v) is 2.51. The van der Waals surface area contributed by atoms with Gasteiger partial charge in [0.25, 0.3) is 0 Å². The quantitative estimate of drug-likeness (QED) is 0.421. The van der Waals surface area contributed by atoms with Gasteiger partial charge in [-0.1, -0.05) is 30.1 Å². The molecule has 0 aromatic heterocycles. The summed E-state index contributed by atoms with van der Waals surface area (Å²) in [6.45, 7) is 3.77. The van der Waals surface area contributed by atoms with Crippen LogP contribution in [-0.4, -0.2) is 23.2 Å². The van der Waals surface area contributed by atoms with E-state index in [1.165, 1.54) is 11.8 Å². The SMILES string of the molecule is C/C=C(C=NC)/C=C1\SC(=S)C(C)C1=O. The van der Waals surface area contributed by atoms with Crippen LogP contribution in [0.2, 0.25) is 0 Å². The Bertz CT molecular complexity index is 380. The van der Waals surface area contributed by atoms with E-state index < -0.39 is 0 Å². The Balaban J connectivity index is 2.95. The van der Waals surface area contributed by atoms with Gasteiger partial charge in [0.2, 0.25) is 0 Å². The summed E-state index contributed by atoms with van der Waals surface area (Å²) in [6, 6.07) is 0. The Hall–Kier alpha value is -0.740. The molecule has 1 saturated heterocycles. The van der Waals surface area contributed by atoms with Crippen LogP contribution in [-0.2, 0) is 4.79 Å². The van der Waals surface area contributed by atoms with Gasteiger partial charge in [0.1, 0.15) is 0 Å². The molecular formula is C11H13NOS2. The molecule has 2 nitrogen and oxygen atoms in total. The number of carbonyl (C=O) groups excluding carboxylic acids is 1. The molecule has 1 fully saturated rings. The minimum atomic E-state index is -0.132. The molecule has 15 heavy (non-hydrogen) atoms. The number of rotatable bonds is 2. The molecule has 4 heteroatoms. The zero-order chi connectivity index (χ0) is 11.4. The van der Waals surface area contributed by atoms with E-state index in [-0.39, 0.29) is 11.7 Å². The van der Waals surface area contributed by atoms with Crippen molar-refractivity contribution in [2.75, 3.05) is 7.05 Å². The van der Waals surface area contributed by atoms with Crippen LogP contribution >= 0.6 is 24.0 Å². The maximum atomic E-state index is 11.7. The van der Waals surface area contributed by atoms with E-state index >= 15 is 0 Å². The third-order valence-electron chi connectivity index (χ3n) is 2.11. The number of hydrogen-bond acceptors (Lipinski definition) is 4. The molecule has 1 aliphatic heterocycles. The van der Waals surface area contributed by atoms with Crippen molar-refractivity contribution in [2.24, 2.45) is 10.9 Å². The molecule has 0 aromatic rings. The number of carbonyl (C=O) groups is 1. The first-order valence-electron chi connectivity index (χ1n) is 4.66. The predicted octanol–water partition coefficient (Wildman–Crippen LogP) is 2.80. The largest absolute Gasteiger partial charge is 0.296 e. The molecular weight excluding hydrogens is 226 g/mol. The Labute approximate surface area is 99.5 Å². The summed E-state index contributed by atoms with van der Waals surface area (Å²) in [5, 5.41) is 0. The van der Waals surface area contributed by atoms with Crippen LogP contribution in [0.4, 0.5) is 0 Å². The number of aliphatic imine (C=N–C) groups is 1. The topological polar surface area (TPSA) is 29.4 Å². The third kappa shape index (κ3) is 2.86.